The van der Waals surface area contributed by atoms with Gasteiger partial charge in [-0.05, 0) is 30.0 Å². The van der Waals surface area contributed by atoms with Crippen molar-refractivity contribution in [1.82, 2.24) is 14.5 Å². The third-order valence-corrected chi connectivity index (χ3v) is 6.10. The summed E-state index contributed by atoms with van der Waals surface area (Å²) in [4.78, 5) is 18.9. The number of amides is 1. The normalized spacial score (nSPS) is 21.6. The SMILES string of the molecule is O=C(c1ccccc1F)N1CC[C@@]2(C1)Cn1c(-c3ccsc3)cnc1CO2. The molecule has 0 N–H and O–H groups in total. The van der Waals surface area contributed by atoms with E-state index >= 15 is 0 Å². The van der Waals surface area contributed by atoms with Gasteiger partial charge < -0.3 is 14.2 Å². The van der Waals surface area contributed by atoms with Crippen LogP contribution in [0.3, 0.4) is 0 Å². The van der Waals surface area contributed by atoms with E-state index in [-0.39, 0.29) is 11.5 Å². The predicted octanol–water partition coefficient (Wildman–Crippen LogP) is 3.57. The highest BCUT2D eigenvalue weighted by Crippen LogP contribution is 2.36. The molecule has 1 fully saturated rings. The number of benzene rings is 1. The van der Waals surface area contributed by atoms with Crippen LogP contribution in [-0.4, -0.2) is 39.0 Å². The first-order valence-electron chi connectivity index (χ1n) is 8.90. The fourth-order valence-electron chi connectivity index (χ4n) is 3.97. The standard InChI is InChI=1S/C20H18FN3O2S/c21-16-4-2-1-3-15(16)19(25)23-7-6-20(12-23)13-24-17(14-5-8-27-11-14)9-22-18(24)10-26-20/h1-5,8-9,11H,6-7,10,12-13H2/t20-/m1/s1. The lowest BCUT2D eigenvalue weighted by molar-refractivity contribution is -0.0804. The Bertz CT molecular complexity index is 1000. The number of rotatable bonds is 2. The van der Waals surface area contributed by atoms with E-state index < -0.39 is 11.4 Å². The molecule has 1 amide bonds. The van der Waals surface area contributed by atoms with Gasteiger partial charge in [0.15, 0.2) is 0 Å². The summed E-state index contributed by atoms with van der Waals surface area (Å²) < 4.78 is 22.4. The van der Waals surface area contributed by atoms with Crippen LogP contribution in [-0.2, 0) is 17.9 Å². The molecule has 1 spiro atoms. The number of halogens is 1. The van der Waals surface area contributed by atoms with Crippen molar-refractivity contribution in [3.8, 4) is 11.3 Å². The van der Waals surface area contributed by atoms with E-state index in [1.54, 1.807) is 28.4 Å². The number of thiophene rings is 1. The van der Waals surface area contributed by atoms with Crippen molar-refractivity contribution >= 4 is 17.2 Å². The lowest BCUT2D eigenvalue weighted by Crippen LogP contribution is -2.45. The molecule has 1 aromatic carbocycles. The molecule has 2 aromatic heterocycles. The first-order chi connectivity index (χ1) is 13.2. The Morgan fingerprint density at radius 1 is 1.26 bits per heavy atom. The van der Waals surface area contributed by atoms with E-state index in [4.69, 9.17) is 4.74 Å². The van der Waals surface area contributed by atoms with E-state index in [1.165, 1.54) is 12.1 Å². The monoisotopic (exact) mass is 383 g/mol. The molecule has 0 unspecified atom stereocenters. The Labute approximate surface area is 160 Å². The molecule has 3 aromatic rings. The molecule has 2 aliphatic heterocycles. The fourth-order valence-corrected chi connectivity index (χ4v) is 4.62. The number of carbonyl (C=O) groups excluding carboxylic acids is 1. The highest BCUT2D eigenvalue weighted by Gasteiger charge is 2.44. The van der Waals surface area contributed by atoms with Crippen LogP contribution in [0.15, 0.2) is 47.3 Å². The molecule has 27 heavy (non-hydrogen) atoms. The Kier molecular flexibility index (Phi) is 3.87. The van der Waals surface area contributed by atoms with Crippen molar-refractivity contribution in [2.24, 2.45) is 0 Å². The van der Waals surface area contributed by atoms with Crippen LogP contribution in [0.4, 0.5) is 4.39 Å². The van der Waals surface area contributed by atoms with E-state index in [2.05, 4.69) is 26.4 Å². The zero-order chi connectivity index (χ0) is 18.4. The Hall–Kier alpha value is -2.51. The number of fused-ring (bicyclic) bond motifs is 1. The number of hydrogen-bond acceptors (Lipinski definition) is 4. The second kappa shape index (κ2) is 6.28. The number of hydrogen-bond donors (Lipinski definition) is 0. The molecule has 2 aliphatic rings. The quantitative estimate of drug-likeness (QED) is 0.680. The molecule has 7 heteroatoms. The number of aromatic nitrogens is 2. The second-order valence-electron chi connectivity index (χ2n) is 7.09. The van der Waals surface area contributed by atoms with Gasteiger partial charge in [0.05, 0.1) is 30.5 Å². The molecule has 0 saturated carbocycles. The minimum Gasteiger partial charge on any atom is -0.363 e. The van der Waals surface area contributed by atoms with Gasteiger partial charge in [0.25, 0.3) is 5.91 Å². The van der Waals surface area contributed by atoms with Crippen molar-refractivity contribution in [2.75, 3.05) is 13.1 Å². The van der Waals surface area contributed by atoms with Crippen molar-refractivity contribution in [3.63, 3.8) is 0 Å². The molecular formula is C20H18FN3O2S. The van der Waals surface area contributed by atoms with Gasteiger partial charge in [0, 0.05) is 17.5 Å². The zero-order valence-electron chi connectivity index (χ0n) is 14.6. The predicted molar refractivity (Wildman–Crippen MR) is 100.0 cm³/mol. The van der Waals surface area contributed by atoms with Crippen LogP contribution in [0.5, 0.6) is 0 Å². The van der Waals surface area contributed by atoms with Crippen molar-refractivity contribution < 1.29 is 13.9 Å². The van der Waals surface area contributed by atoms with Gasteiger partial charge in [0.2, 0.25) is 0 Å². The van der Waals surface area contributed by atoms with Gasteiger partial charge in [-0.25, -0.2) is 9.37 Å². The molecule has 5 rings (SSSR count). The maximum atomic E-state index is 14.0. The van der Waals surface area contributed by atoms with Crippen LogP contribution in [0.2, 0.25) is 0 Å². The second-order valence-corrected chi connectivity index (χ2v) is 7.87. The summed E-state index contributed by atoms with van der Waals surface area (Å²) in [5.41, 5.74) is 1.90. The van der Waals surface area contributed by atoms with Crippen LogP contribution in [0, 0.1) is 5.82 Å². The average molecular weight is 383 g/mol. The first-order valence-corrected chi connectivity index (χ1v) is 9.84. The summed E-state index contributed by atoms with van der Waals surface area (Å²) in [5, 5.41) is 4.16. The van der Waals surface area contributed by atoms with Crippen LogP contribution < -0.4 is 0 Å². The van der Waals surface area contributed by atoms with Gasteiger partial charge in [-0.1, -0.05) is 12.1 Å². The van der Waals surface area contributed by atoms with Crippen LogP contribution >= 0.6 is 11.3 Å². The summed E-state index contributed by atoms with van der Waals surface area (Å²) in [6, 6.07) is 8.21. The van der Waals surface area contributed by atoms with Gasteiger partial charge >= 0.3 is 0 Å². The van der Waals surface area contributed by atoms with E-state index in [0.717, 1.165) is 23.5 Å². The Balaban J connectivity index is 1.40. The third-order valence-electron chi connectivity index (χ3n) is 5.42. The molecule has 1 saturated heterocycles. The number of nitrogens with zero attached hydrogens (tertiary/aromatic N) is 3. The molecule has 4 heterocycles. The van der Waals surface area contributed by atoms with E-state index in [0.29, 0.717) is 26.2 Å². The van der Waals surface area contributed by atoms with E-state index in [9.17, 15) is 9.18 Å². The lowest BCUT2D eigenvalue weighted by Gasteiger charge is -2.35. The fraction of sp³-hybridized carbons (Fsp3) is 0.300. The van der Waals surface area contributed by atoms with Gasteiger partial charge in [-0.3, -0.25) is 4.79 Å². The summed E-state index contributed by atoms with van der Waals surface area (Å²) in [7, 11) is 0. The van der Waals surface area contributed by atoms with Gasteiger partial charge in [-0.15, -0.1) is 0 Å². The first kappa shape index (κ1) is 16.6. The molecule has 138 valence electrons. The van der Waals surface area contributed by atoms with Crippen LogP contribution in [0.1, 0.15) is 22.6 Å². The maximum Gasteiger partial charge on any atom is 0.256 e. The number of imidazole rings is 1. The Morgan fingerprint density at radius 3 is 2.96 bits per heavy atom. The third kappa shape index (κ3) is 2.78. The van der Waals surface area contributed by atoms with E-state index in [1.807, 2.05) is 6.20 Å². The summed E-state index contributed by atoms with van der Waals surface area (Å²) in [5.74, 6) is 0.147. The Morgan fingerprint density at radius 2 is 2.15 bits per heavy atom. The number of likely N-dealkylation sites (tertiary alicyclic amines) is 1. The topological polar surface area (TPSA) is 47.4 Å². The largest absolute Gasteiger partial charge is 0.363 e. The van der Waals surface area contributed by atoms with Crippen LogP contribution in [0.25, 0.3) is 11.3 Å². The summed E-state index contributed by atoms with van der Waals surface area (Å²) in [6.45, 7) is 2.09. The summed E-state index contributed by atoms with van der Waals surface area (Å²) in [6.07, 6.45) is 2.62. The molecule has 0 radical (unpaired) electrons. The summed E-state index contributed by atoms with van der Waals surface area (Å²) >= 11 is 1.65. The van der Waals surface area contributed by atoms with Gasteiger partial charge in [0.1, 0.15) is 23.8 Å². The molecule has 5 nitrogen and oxygen atoms in total. The smallest absolute Gasteiger partial charge is 0.256 e. The van der Waals surface area contributed by atoms with Gasteiger partial charge in [-0.2, -0.15) is 11.3 Å². The molecular weight excluding hydrogens is 365 g/mol. The molecule has 0 bridgehead atoms. The average Bonchev–Trinajstić information content (AvgIpc) is 3.41. The highest BCUT2D eigenvalue weighted by atomic mass is 32.1. The lowest BCUT2D eigenvalue weighted by atomic mass is 10.0. The highest BCUT2D eigenvalue weighted by molar-refractivity contribution is 7.08. The molecule has 0 aliphatic carbocycles. The van der Waals surface area contributed by atoms with Crippen molar-refractivity contribution in [2.45, 2.75) is 25.2 Å². The molecule has 1 atom stereocenters. The zero-order valence-corrected chi connectivity index (χ0v) is 15.4. The number of carbonyl (C=O) groups is 1. The maximum absolute atomic E-state index is 14.0. The minimum atomic E-state index is -0.482. The van der Waals surface area contributed by atoms with Crippen molar-refractivity contribution in [3.05, 3.63) is 64.5 Å². The number of ether oxygens (including phenoxy) is 1. The minimum absolute atomic E-state index is 0.118. The van der Waals surface area contributed by atoms with Crippen molar-refractivity contribution in [1.29, 1.82) is 0 Å².